The Balaban J connectivity index is 1.46. The Kier molecular flexibility index (Phi) is 6.59. The maximum Gasteiger partial charge on any atom is 0.259 e. The number of nitrogens with zero attached hydrogens (tertiary/aromatic N) is 1. The first-order chi connectivity index (χ1) is 22.3. The molecule has 0 radical (unpaired) electrons. The van der Waals surface area contributed by atoms with E-state index in [1.807, 2.05) is 11.3 Å². The SMILES string of the molecule is CC(C)(C)c1cc2c3c(c1)C(C)(C)c1c(sc4ccc(C(C)(C)C)cc14)B3c1ccccc1N2c1ccc2c(c1)C(C)(C)CCC2(C)C. The van der Waals surface area contributed by atoms with Crippen LogP contribution in [0.25, 0.3) is 10.1 Å². The molecule has 0 N–H and O–H groups in total. The predicted molar refractivity (Wildman–Crippen MR) is 212 cm³/mol. The molecule has 0 saturated carbocycles. The van der Waals surface area contributed by atoms with Gasteiger partial charge in [-0.3, -0.25) is 0 Å². The molecule has 0 amide bonds. The lowest BCUT2D eigenvalue weighted by Gasteiger charge is -2.46. The topological polar surface area (TPSA) is 3.24 Å². The molecule has 1 aliphatic carbocycles. The third kappa shape index (κ3) is 4.48. The quantitative estimate of drug-likeness (QED) is 0.160. The van der Waals surface area contributed by atoms with Crippen LogP contribution in [0, 0.1) is 0 Å². The Morgan fingerprint density at radius 3 is 2.00 bits per heavy atom. The summed E-state index contributed by atoms with van der Waals surface area (Å²) in [5.41, 5.74) is 16.1. The van der Waals surface area contributed by atoms with E-state index in [9.17, 15) is 0 Å². The van der Waals surface area contributed by atoms with E-state index >= 15 is 0 Å². The average Bonchev–Trinajstić information content (AvgIpc) is 3.40. The van der Waals surface area contributed by atoms with Gasteiger partial charge in [0.1, 0.15) is 0 Å². The average molecular weight is 650 g/mol. The summed E-state index contributed by atoms with van der Waals surface area (Å²) in [6, 6.07) is 29.1. The fourth-order valence-corrected chi connectivity index (χ4v) is 10.6. The Hall–Kier alpha value is -3.30. The molecule has 0 spiro atoms. The lowest BCUT2D eigenvalue weighted by Crippen LogP contribution is -2.63. The molecule has 246 valence electrons. The molecule has 3 aliphatic rings. The molecule has 8 rings (SSSR count). The number of anilines is 3. The molecule has 0 atom stereocenters. The Labute approximate surface area is 293 Å². The van der Waals surface area contributed by atoms with Gasteiger partial charge in [-0.2, -0.15) is 0 Å². The molecule has 3 heterocycles. The zero-order valence-electron chi connectivity index (χ0n) is 31.3. The van der Waals surface area contributed by atoms with E-state index in [0.29, 0.717) is 0 Å². The van der Waals surface area contributed by atoms with Gasteiger partial charge in [0.25, 0.3) is 6.71 Å². The van der Waals surface area contributed by atoms with E-state index in [1.165, 1.54) is 89.1 Å². The summed E-state index contributed by atoms with van der Waals surface area (Å²) in [4.78, 5) is 2.63. The van der Waals surface area contributed by atoms with Gasteiger partial charge >= 0.3 is 0 Å². The molecular weight excluding hydrogens is 597 g/mol. The van der Waals surface area contributed by atoms with Crippen molar-refractivity contribution in [1.29, 1.82) is 0 Å². The number of thiophene rings is 1. The van der Waals surface area contributed by atoms with E-state index in [4.69, 9.17) is 0 Å². The highest BCUT2D eigenvalue weighted by Crippen LogP contribution is 2.51. The van der Waals surface area contributed by atoms with Gasteiger partial charge in [0, 0.05) is 27.2 Å². The van der Waals surface area contributed by atoms with Crippen molar-refractivity contribution in [3.8, 4) is 0 Å². The van der Waals surface area contributed by atoms with Crippen LogP contribution in [0.1, 0.15) is 129 Å². The summed E-state index contributed by atoms with van der Waals surface area (Å²) in [5.74, 6) is 0. The van der Waals surface area contributed by atoms with Crippen molar-refractivity contribution in [2.24, 2.45) is 0 Å². The largest absolute Gasteiger partial charge is 0.311 e. The van der Waals surface area contributed by atoms with Crippen LogP contribution < -0.4 is 20.6 Å². The number of hydrogen-bond acceptors (Lipinski definition) is 2. The van der Waals surface area contributed by atoms with Crippen LogP contribution in [-0.2, 0) is 27.1 Å². The minimum atomic E-state index is -0.147. The molecule has 0 saturated heterocycles. The summed E-state index contributed by atoms with van der Waals surface area (Å²) in [6.45, 7) is 29.1. The second kappa shape index (κ2) is 9.90. The van der Waals surface area contributed by atoms with Crippen LogP contribution in [0.5, 0.6) is 0 Å². The highest BCUT2D eigenvalue weighted by Gasteiger charge is 2.49. The fourth-order valence-electron chi connectivity index (χ4n) is 9.13. The second-order valence-corrected chi connectivity index (χ2v) is 20.0. The number of hydrogen-bond donors (Lipinski definition) is 0. The maximum absolute atomic E-state index is 2.63. The lowest BCUT2D eigenvalue weighted by molar-refractivity contribution is 0.332. The second-order valence-electron chi connectivity index (χ2n) is 19.0. The third-order valence-electron chi connectivity index (χ3n) is 12.3. The van der Waals surface area contributed by atoms with Gasteiger partial charge < -0.3 is 4.90 Å². The molecule has 48 heavy (non-hydrogen) atoms. The van der Waals surface area contributed by atoms with Crippen molar-refractivity contribution < 1.29 is 0 Å². The molecule has 0 unspecified atom stereocenters. The molecule has 3 heteroatoms. The lowest BCUT2D eigenvalue weighted by atomic mass is 9.32. The highest BCUT2D eigenvalue weighted by atomic mass is 32.1. The van der Waals surface area contributed by atoms with E-state index in [1.54, 1.807) is 0 Å². The van der Waals surface area contributed by atoms with Crippen LogP contribution in [-0.4, -0.2) is 6.71 Å². The van der Waals surface area contributed by atoms with Gasteiger partial charge in [0.2, 0.25) is 0 Å². The maximum atomic E-state index is 2.63. The molecule has 0 fully saturated rings. The van der Waals surface area contributed by atoms with Crippen molar-refractivity contribution in [3.63, 3.8) is 0 Å². The van der Waals surface area contributed by atoms with Crippen molar-refractivity contribution in [2.75, 3.05) is 4.90 Å². The summed E-state index contributed by atoms with van der Waals surface area (Å²) in [7, 11) is 0. The number of fused-ring (bicyclic) bond motifs is 7. The molecule has 1 nitrogen and oxygen atoms in total. The zero-order chi connectivity index (χ0) is 34.3. The normalized spacial score (nSPS) is 18.7. The molecule has 0 bridgehead atoms. The van der Waals surface area contributed by atoms with Gasteiger partial charge in [-0.1, -0.05) is 119 Å². The van der Waals surface area contributed by atoms with Crippen LogP contribution in [0.4, 0.5) is 17.1 Å². The number of para-hydroxylation sites is 1. The Bertz CT molecular complexity index is 2140. The number of benzene rings is 4. The molecule has 1 aromatic heterocycles. The summed E-state index contributed by atoms with van der Waals surface area (Å²) in [6.07, 6.45) is 2.44. The van der Waals surface area contributed by atoms with Gasteiger partial charge in [0.15, 0.2) is 0 Å². The minimum absolute atomic E-state index is 0.0119. The molecule has 4 aromatic carbocycles. The molecular formula is C45H52BNS. The van der Waals surface area contributed by atoms with Crippen LogP contribution in [0.15, 0.2) is 72.8 Å². The summed E-state index contributed by atoms with van der Waals surface area (Å²) in [5, 5.41) is 1.44. The van der Waals surface area contributed by atoms with Crippen molar-refractivity contribution in [1.82, 2.24) is 0 Å². The first kappa shape index (κ1) is 31.9. The minimum Gasteiger partial charge on any atom is -0.311 e. The van der Waals surface area contributed by atoms with Crippen molar-refractivity contribution >= 4 is 60.9 Å². The first-order valence-electron chi connectivity index (χ1n) is 18.1. The smallest absolute Gasteiger partial charge is 0.259 e. The van der Waals surface area contributed by atoms with Gasteiger partial charge in [-0.05, 0) is 125 Å². The fraction of sp³-hybridized carbons (Fsp3) is 0.422. The zero-order valence-corrected chi connectivity index (χ0v) is 32.1. The summed E-state index contributed by atoms with van der Waals surface area (Å²) < 4.78 is 2.93. The first-order valence-corrected chi connectivity index (χ1v) is 18.9. The summed E-state index contributed by atoms with van der Waals surface area (Å²) >= 11 is 2.03. The Morgan fingerprint density at radius 1 is 0.646 bits per heavy atom. The van der Waals surface area contributed by atoms with Gasteiger partial charge in [0.05, 0.1) is 0 Å². The third-order valence-corrected chi connectivity index (χ3v) is 13.5. The Morgan fingerprint density at radius 2 is 1.31 bits per heavy atom. The van der Waals surface area contributed by atoms with Crippen molar-refractivity contribution in [2.45, 2.75) is 123 Å². The van der Waals surface area contributed by atoms with Crippen LogP contribution >= 0.6 is 11.3 Å². The number of rotatable bonds is 1. The van der Waals surface area contributed by atoms with Gasteiger partial charge in [-0.25, -0.2) is 0 Å². The van der Waals surface area contributed by atoms with Crippen LogP contribution in [0.3, 0.4) is 0 Å². The van der Waals surface area contributed by atoms with E-state index in [2.05, 4.69) is 161 Å². The standard InChI is InChI=1S/C45H52BNS/c1-41(2,3)27-17-20-37-30(23-27)38-40(48-37)46-34-15-13-14-16-35(34)47(29-18-19-31-32(26-29)44(9,10)22-21-43(31,7)8)36-25-28(42(4,5)6)24-33(39(36)46)45(38,11)12/h13-20,23-26H,21-22H2,1-12H3. The van der Waals surface area contributed by atoms with Crippen molar-refractivity contribution in [3.05, 3.63) is 106 Å². The highest BCUT2D eigenvalue weighted by molar-refractivity contribution is 7.32. The van der Waals surface area contributed by atoms with E-state index in [0.717, 1.165) is 0 Å². The van der Waals surface area contributed by atoms with Crippen LogP contribution in [0.2, 0.25) is 0 Å². The molecule has 5 aromatic rings. The van der Waals surface area contributed by atoms with E-state index in [-0.39, 0.29) is 33.8 Å². The predicted octanol–water partition coefficient (Wildman–Crippen LogP) is 10.8. The van der Waals surface area contributed by atoms with E-state index < -0.39 is 0 Å². The monoisotopic (exact) mass is 649 g/mol. The van der Waals surface area contributed by atoms with Gasteiger partial charge in [-0.15, -0.1) is 11.3 Å². The molecule has 2 aliphatic heterocycles.